The minimum absolute atomic E-state index is 0.0138. The van der Waals surface area contributed by atoms with Crippen molar-refractivity contribution in [3.63, 3.8) is 0 Å². The van der Waals surface area contributed by atoms with E-state index in [4.69, 9.17) is 4.98 Å². The minimum atomic E-state index is -0.0138. The molecule has 0 spiro atoms. The van der Waals surface area contributed by atoms with E-state index in [-0.39, 0.29) is 11.3 Å². The van der Waals surface area contributed by atoms with E-state index in [0.29, 0.717) is 12.1 Å². The van der Waals surface area contributed by atoms with E-state index in [9.17, 15) is 4.79 Å². The van der Waals surface area contributed by atoms with Crippen LogP contribution in [0.3, 0.4) is 0 Å². The highest BCUT2D eigenvalue weighted by Gasteiger charge is 2.22. The quantitative estimate of drug-likeness (QED) is 0.414. The van der Waals surface area contributed by atoms with Crippen LogP contribution in [0, 0.1) is 0 Å². The molecule has 0 bridgehead atoms. The molecule has 0 N–H and O–H groups in total. The number of fused-ring (bicyclic) bond motifs is 1. The van der Waals surface area contributed by atoms with Crippen LogP contribution in [-0.2, 0) is 12.0 Å². The second kappa shape index (κ2) is 8.40. The number of anilines is 1. The van der Waals surface area contributed by atoms with Crippen molar-refractivity contribution >= 4 is 32.6 Å². The fraction of sp³-hybridized carbons (Fsp3) is 0.292. The number of thiazole rings is 1. The van der Waals surface area contributed by atoms with Crippen LogP contribution in [0.25, 0.3) is 10.2 Å². The normalized spacial score (nSPS) is 11.7. The summed E-state index contributed by atoms with van der Waals surface area (Å²) in [6, 6.07) is 16.0. The Balaban J connectivity index is 1.60. The van der Waals surface area contributed by atoms with Crippen LogP contribution >= 0.6 is 11.3 Å². The summed E-state index contributed by atoms with van der Waals surface area (Å²) in [5, 5.41) is 0.742. The first-order valence-electron chi connectivity index (χ1n) is 10.2. The molecule has 0 aliphatic heterocycles. The average Bonchev–Trinajstić information content (AvgIpc) is 3.39. The molecule has 0 fully saturated rings. The van der Waals surface area contributed by atoms with E-state index in [1.165, 1.54) is 5.56 Å². The summed E-state index contributed by atoms with van der Waals surface area (Å²) in [7, 11) is 0. The van der Waals surface area contributed by atoms with Crippen molar-refractivity contribution in [3.05, 3.63) is 78.4 Å². The van der Waals surface area contributed by atoms with E-state index >= 15 is 0 Å². The molecular formula is C24H26N4OS. The van der Waals surface area contributed by atoms with Crippen LogP contribution in [0.2, 0.25) is 0 Å². The summed E-state index contributed by atoms with van der Waals surface area (Å²) in [6.07, 6.45) is 6.33. The SMILES string of the molecule is CC(C)(C)c1ccc(C(=O)N(CCCn2ccnc2)c2nc3ccccc3s2)cc1. The number of hydrogen-bond acceptors (Lipinski definition) is 4. The number of amides is 1. The van der Waals surface area contributed by atoms with Crippen molar-refractivity contribution < 1.29 is 4.79 Å². The van der Waals surface area contributed by atoms with E-state index in [1.54, 1.807) is 23.9 Å². The summed E-state index contributed by atoms with van der Waals surface area (Å²) in [6.45, 7) is 7.92. The van der Waals surface area contributed by atoms with Gasteiger partial charge in [0.05, 0.1) is 16.5 Å². The number of benzene rings is 2. The lowest BCUT2D eigenvalue weighted by molar-refractivity contribution is 0.0986. The Hall–Kier alpha value is -2.99. The van der Waals surface area contributed by atoms with Crippen molar-refractivity contribution in [2.45, 2.75) is 39.2 Å². The molecule has 0 saturated heterocycles. The van der Waals surface area contributed by atoms with Crippen molar-refractivity contribution in [2.75, 3.05) is 11.4 Å². The van der Waals surface area contributed by atoms with E-state index < -0.39 is 0 Å². The van der Waals surface area contributed by atoms with Gasteiger partial charge < -0.3 is 4.57 Å². The first-order chi connectivity index (χ1) is 14.4. The number of carbonyl (C=O) groups excluding carboxylic acids is 1. The Morgan fingerprint density at radius 3 is 2.53 bits per heavy atom. The third-order valence-electron chi connectivity index (χ3n) is 5.11. The van der Waals surface area contributed by atoms with Crippen LogP contribution in [0.4, 0.5) is 5.13 Å². The molecule has 2 aromatic carbocycles. The number of rotatable bonds is 6. The first-order valence-corrected chi connectivity index (χ1v) is 11.0. The van der Waals surface area contributed by atoms with Gasteiger partial charge in [0.2, 0.25) is 0 Å². The van der Waals surface area contributed by atoms with Gasteiger partial charge in [-0.1, -0.05) is 56.4 Å². The maximum absolute atomic E-state index is 13.4. The molecule has 4 aromatic rings. The van der Waals surface area contributed by atoms with Gasteiger partial charge in [0.15, 0.2) is 5.13 Å². The van der Waals surface area contributed by atoms with E-state index in [0.717, 1.165) is 28.3 Å². The number of aryl methyl sites for hydroxylation is 1. The Labute approximate surface area is 181 Å². The average molecular weight is 419 g/mol. The number of carbonyl (C=O) groups is 1. The highest BCUT2D eigenvalue weighted by atomic mass is 32.1. The lowest BCUT2D eigenvalue weighted by Gasteiger charge is -2.22. The Morgan fingerprint density at radius 1 is 1.10 bits per heavy atom. The highest BCUT2D eigenvalue weighted by Crippen LogP contribution is 2.30. The molecular weight excluding hydrogens is 392 g/mol. The van der Waals surface area contributed by atoms with Crippen LogP contribution in [0.5, 0.6) is 0 Å². The van der Waals surface area contributed by atoms with Crippen LogP contribution in [-0.4, -0.2) is 27.0 Å². The third-order valence-corrected chi connectivity index (χ3v) is 6.17. The molecule has 0 radical (unpaired) electrons. The molecule has 4 rings (SSSR count). The third kappa shape index (κ3) is 4.44. The number of aromatic nitrogens is 3. The molecule has 1 amide bonds. The summed E-state index contributed by atoms with van der Waals surface area (Å²) in [5.74, 6) is -0.0138. The topological polar surface area (TPSA) is 51.0 Å². The Kier molecular flexibility index (Phi) is 5.68. The molecule has 0 aliphatic carbocycles. The molecule has 30 heavy (non-hydrogen) atoms. The number of para-hydroxylation sites is 1. The predicted molar refractivity (Wildman–Crippen MR) is 123 cm³/mol. The van der Waals surface area contributed by atoms with Gasteiger partial charge in [-0.3, -0.25) is 9.69 Å². The fourth-order valence-corrected chi connectivity index (χ4v) is 4.35. The van der Waals surface area contributed by atoms with E-state index in [2.05, 4.69) is 37.9 Å². The second-order valence-corrected chi connectivity index (χ2v) is 9.41. The smallest absolute Gasteiger partial charge is 0.260 e. The Morgan fingerprint density at radius 2 is 1.87 bits per heavy atom. The Bertz CT molecular complexity index is 1090. The molecule has 0 saturated carbocycles. The lowest BCUT2D eigenvalue weighted by atomic mass is 9.86. The highest BCUT2D eigenvalue weighted by molar-refractivity contribution is 7.22. The molecule has 154 valence electrons. The van der Waals surface area contributed by atoms with Gasteiger partial charge in [0.25, 0.3) is 5.91 Å². The van der Waals surface area contributed by atoms with Gasteiger partial charge in [0.1, 0.15) is 0 Å². The lowest BCUT2D eigenvalue weighted by Crippen LogP contribution is -2.32. The summed E-state index contributed by atoms with van der Waals surface area (Å²) in [5.41, 5.74) is 2.88. The molecule has 5 nitrogen and oxygen atoms in total. The minimum Gasteiger partial charge on any atom is -0.337 e. The number of hydrogen-bond donors (Lipinski definition) is 0. The first kappa shape index (κ1) is 20.3. The maximum atomic E-state index is 13.4. The van der Waals surface area contributed by atoms with Gasteiger partial charge in [-0.25, -0.2) is 9.97 Å². The summed E-state index contributed by atoms with van der Waals surface area (Å²) in [4.78, 5) is 24.1. The molecule has 0 aliphatic rings. The summed E-state index contributed by atoms with van der Waals surface area (Å²) >= 11 is 1.56. The molecule has 2 aromatic heterocycles. The maximum Gasteiger partial charge on any atom is 0.260 e. The largest absolute Gasteiger partial charge is 0.337 e. The molecule has 6 heteroatoms. The molecule has 2 heterocycles. The number of nitrogens with zero attached hydrogens (tertiary/aromatic N) is 4. The van der Waals surface area contributed by atoms with Crippen molar-refractivity contribution in [1.29, 1.82) is 0 Å². The van der Waals surface area contributed by atoms with Crippen LogP contribution < -0.4 is 4.90 Å². The zero-order chi connectivity index (χ0) is 21.1. The monoisotopic (exact) mass is 418 g/mol. The predicted octanol–water partition coefficient (Wildman–Crippen LogP) is 5.53. The zero-order valence-corrected chi connectivity index (χ0v) is 18.4. The van der Waals surface area contributed by atoms with Crippen LogP contribution in [0.15, 0.2) is 67.3 Å². The van der Waals surface area contributed by atoms with Gasteiger partial charge in [-0.2, -0.15) is 0 Å². The van der Waals surface area contributed by atoms with Crippen molar-refractivity contribution in [2.24, 2.45) is 0 Å². The molecule has 0 atom stereocenters. The van der Waals surface area contributed by atoms with Crippen molar-refractivity contribution in [3.8, 4) is 0 Å². The van der Waals surface area contributed by atoms with Gasteiger partial charge in [0, 0.05) is 31.0 Å². The van der Waals surface area contributed by atoms with Crippen molar-refractivity contribution in [1.82, 2.24) is 14.5 Å². The van der Waals surface area contributed by atoms with Gasteiger partial charge in [-0.15, -0.1) is 0 Å². The number of imidazole rings is 1. The van der Waals surface area contributed by atoms with Crippen LogP contribution in [0.1, 0.15) is 43.1 Å². The second-order valence-electron chi connectivity index (χ2n) is 8.40. The zero-order valence-electron chi connectivity index (χ0n) is 17.6. The standard InChI is InChI=1S/C24H26N4OS/c1-24(2,3)19-11-9-18(10-12-19)22(29)28(15-6-14-27-16-13-25-17-27)23-26-20-7-4-5-8-21(20)30-23/h4-5,7-13,16-17H,6,14-15H2,1-3H3. The fourth-order valence-electron chi connectivity index (χ4n) is 3.36. The van der Waals surface area contributed by atoms with E-state index in [1.807, 2.05) is 52.1 Å². The molecule has 0 unspecified atom stereocenters. The van der Waals surface area contributed by atoms with Gasteiger partial charge in [-0.05, 0) is 41.7 Å². The summed E-state index contributed by atoms with van der Waals surface area (Å²) < 4.78 is 3.11. The van der Waals surface area contributed by atoms with Gasteiger partial charge >= 0.3 is 0 Å².